The van der Waals surface area contributed by atoms with Crippen LogP contribution in [0.1, 0.15) is 13.8 Å². The van der Waals surface area contributed by atoms with Crippen molar-refractivity contribution in [3.05, 3.63) is 0 Å². The van der Waals surface area contributed by atoms with Gasteiger partial charge >= 0.3 is 0 Å². The first kappa shape index (κ1) is 12.8. The van der Waals surface area contributed by atoms with Crippen molar-refractivity contribution in [2.24, 2.45) is 0 Å². The molecule has 0 saturated carbocycles. The number of hydrogen-bond donors (Lipinski definition) is 1. The van der Waals surface area contributed by atoms with Gasteiger partial charge in [0.25, 0.3) is 0 Å². The molecule has 0 bridgehead atoms. The average molecular weight is 194 g/mol. The van der Waals surface area contributed by atoms with E-state index in [-0.39, 0.29) is 20.2 Å². The number of hydrogen-bond acceptors (Lipinski definition) is 5. The van der Waals surface area contributed by atoms with Gasteiger partial charge in [-0.2, -0.15) is 0 Å². The first-order valence-corrected chi connectivity index (χ1v) is 4.34. The van der Waals surface area contributed by atoms with Crippen LogP contribution >= 0.6 is 0 Å². The smallest absolute Gasteiger partial charge is 0.186 e. The Kier molecular flexibility index (Phi) is 9.73. The van der Waals surface area contributed by atoms with E-state index in [4.69, 9.17) is 24.1 Å². The predicted octanol–water partition coefficient (Wildman–Crippen LogP) is 0.326. The van der Waals surface area contributed by atoms with Crippen LogP contribution in [0.2, 0.25) is 0 Å². The van der Waals surface area contributed by atoms with Crippen LogP contribution in [0.15, 0.2) is 0 Å². The fraction of sp³-hybridized carbons (Fsp3) is 1.00. The summed E-state index contributed by atoms with van der Waals surface area (Å²) in [6, 6.07) is 0. The molecule has 1 N–H and O–H groups in total. The van der Waals surface area contributed by atoms with Gasteiger partial charge in [0.1, 0.15) is 13.6 Å². The monoisotopic (exact) mass is 194 g/mol. The fourth-order valence-corrected chi connectivity index (χ4v) is 0.568. The summed E-state index contributed by atoms with van der Waals surface area (Å²) in [6.45, 7) is 4.89. The van der Waals surface area contributed by atoms with Gasteiger partial charge in [-0.3, -0.25) is 0 Å². The lowest BCUT2D eigenvalue weighted by Crippen LogP contribution is -2.24. The van der Waals surface area contributed by atoms with Gasteiger partial charge < -0.3 is 24.1 Å². The molecule has 0 amide bonds. The van der Waals surface area contributed by atoms with Crippen LogP contribution in [0.5, 0.6) is 0 Å². The predicted molar refractivity (Wildman–Crippen MR) is 46.0 cm³/mol. The fourth-order valence-electron chi connectivity index (χ4n) is 0.568. The molecule has 0 aromatic rings. The summed E-state index contributed by atoms with van der Waals surface area (Å²) in [5, 5.41) is 8.76. The van der Waals surface area contributed by atoms with Crippen LogP contribution in [0.4, 0.5) is 0 Å². The Morgan fingerprint density at radius 2 is 1.46 bits per heavy atom. The zero-order chi connectivity index (χ0) is 9.94. The van der Waals surface area contributed by atoms with Crippen molar-refractivity contribution in [1.82, 2.24) is 0 Å². The lowest BCUT2D eigenvalue weighted by atomic mass is 10.7. The molecule has 80 valence electrons. The summed E-state index contributed by atoms with van der Waals surface area (Å²) in [6.07, 6.45) is -0.668. The molecular formula is C8H18O5. The summed E-state index contributed by atoms with van der Waals surface area (Å²) in [7, 11) is 0. The highest BCUT2D eigenvalue weighted by Gasteiger charge is 2.06. The summed E-state index contributed by atoms with van der Waals surface area (Å²) < 4.78 is 19.8. The Bertz CT molecular complexity index is 88.5. The Balaban J connectivity index is 3.28. The first-order chi connectivity index (χ1) is 6.35. The highest BCUT2D eigenvalue weighted by molar-refractivity contribution is 4.34. The SMILES string of the molecule is CCOCOC(CO)OCOCC. The van der Waals surface area contributed by atoms with E-state index in [9.17, 15) is 0 Å². The molecule has 5 heteroatoms. The maximum Gasteiger partial charge on any atom is 0.186 e. The molecule has 0 aromatic carbocycles. The maximum absolute atomic E-state index is 8.76. The summed E-state index contributed by atoms with van der Waals surface area (Å²) in [5.74, 6) is 0. The molecular weight excluding hydrogens is 176 g/mol. The van der Waals surface area contributed by atoms with E-state index in [1.807, 2.05) is 13.8 Å². The van der Waals surface area contributed by atoms with Crippen molar-refractivity contribution in [3.63, 3.8) is 0 Å². The third kappa shape index (κ3) is 8.14. The minimum absolute atomic E-state index is 0.119. The summed E-state index contributed by atoms with van der Waals surface area (Å²) in [4.78, 5) is 0. The second kappa shape index (κ2) is 9.88. The van der Waals surface area contributed by atoms with E-state index in [1.54, 1.807) is 0 Å². The molecule has 0 rings (SSSR count). The van der Waals surface area contributed by atoms with E-state index in [2.05, 4.69) is 0 Å². The van der Waals surface area contributed by atoms with Gasteiger partial charge in [-0.25, -0.2) is 0 Å². The van der Waals surface area contributed by atoms with Gasteiger partial charge in [0.15, 0.2) is 6.29 Å². The normalized spacial score (nSPS) is 11.1. The second-order valence-electron chi connectivity index (χ2n) is 2.17. The average Bonchev–Trinajstić information content (AvgIpc) is 2.16. The van der Waals surface area contributed by atoms with Crippen LogP contribution in [0.3, 0.4) is 0 Å². The molecule has 0 aromatic heterocycles. The van der Waals surface area contributed by atoms with Gasteiger partial charge in [-0.05, 0) is 13.8 Å². The third-order valence-corrected chi connectivity index (χ3v) is 1.23. The zero-order valence-electron chi connectivity index (χ0n) is 8.19. The Morgan fingerprint density at radius 3 is 1.77 bits per heavy atom. The topological polar surface area (TPSA) is 57.2 Å². The Hall–Kier alpha value is -0.200. The first-order valence-electron chi connectivity index (χ1n) is 4.34. The van der Waals surface area contributed by atoms with Crippen molar-refractivity contribution < 1.29 is 24.1 Å². The number of ether oxygens (including phenoxy) is 4. The molecule has 0 atom stereocenters. The van der Waals surface area contributed by atoms with Gasteiger partial charge in [-0.1, -0.05) is 0 Å². The number of aliphatic hydroxyl groups is 1. The molecule has 0 aliphatic carbocycles. The zero-order valence-corrected chi connectivity index (χ0v) is 8.19. The summed E-state index contributed by atoms with van der Waals surface area (Å²) >= 11 is 0. The molecule has 0 unspecified atom stereocenters. The molecule has 0 fully saturated rings. The van der Waals surface area contributed by atoms with Crippen molar-refractivity contribution in [3.8, 4) is 0 Å². The highest BCUT2D eigenvalue weighted by Crippen LogP contribution is 1.94. The van der Waals surface area contributed by atoms with Gasteiger partial charge in [0, 0.05) is 13.2 Å². The molecule has 0 aliphatic rings. The van der Waals surface area contributed by atoms with Gasteiger partial charge in [0.05, 0.1) is 6.61 Å². The second-order valence-corrected chi connectivity index (χ2v) is 2.17. The van der Waals surface area contributed by atoms with Crippen molar-refractivity contribution in [1.29, 1.82) is 0 Å². The molecule has 0 saturated heterocycles. The third-order valence-electron chi connectivity index (χ3n) is 1.23. The Labute approximate surface area is 78.5 Å². The van der Waals surface area contributed by atoms with Gasteiger partial charge in [-0.15, -0.1) is 0 Å². The minimum atomic E-state index is -0.668. The van der Waals surface area contributed by atoms with E-state index in [0.717, 1.165) is 0 Å². The molecule has 0 aliphatic heterocycles. The van der Waals surface area contributed by atoms with Gasteiger partial charge in [0.2, 0.25) is 0 Å². The largest absolute Gasteiger partial charge is 0.391 e. The lowest BCUT2D eigenvalue weighted by Gasteiger charge is -2.15. The van der Waals surface area contributed by atoms with E-state index >= 15 is 0 Å². The van der Waals surface area contributed by atoms with E-state index in [1.165, 1.54) is 0 Å². The standard InChI is InChI=1S/C8H18O5/c1-3-10-6-12-8(5-9)13-7-11-4-2/h8-9H,3-7H2,1-2H3. The maximum atomic E-state index is 8.76. The highest BCUT2D eigenvalue weighted by atomic mass is 16.8. The quantitative estimate of drug-likeness (QED) is 0.423. The van der Waals surface area contributed by atoms with Crippen LogP contribution in [0.25, 0.3) is 0 Å². The molecule has 0 heterocycles. The van der Waals surface area contributed by atoms with E-state index < -0.39 is 6.29 Å². The van der Waals surface area contributed by atoms with Crippen molar-refractivity contribution in [2.45, 2.75) is 20.1 Å². The Morgan fingerprint density at radius 1 is 1.00 bits per heavy atom. The molecule has 13 heavy (non-hydrogen) atoms. The van der Waals surface area contributed by atoms with Crippen LogP contribution in [-0.2, 0) is 18.9 Å². The minimum Gasteiger partial charge on any atom is -0.391 e. The molecule has 5 nitrogen and oxygen atoms in total. The molecule has 0 spiro atoms. The van der Waals surface area contributed by atoms with Crippen LogP contribution < -0.4 is 0 Å². The van der Waals surface area contributed by atoms with Crippen molar-refractivity contribution in [2.75, 3.05) is 33.4 Å². The summed E-state index contributed by atoms with van der Waals surface area (Å²) in [5.41, 5.74) is 0. The molecule has 0 radical (unpaired) electrons. The van der Waals surface area contributed by atoms with Crippen LogP contribution in [-0.4, -0.2) is 44.8 Å². The lowest BCUT2D eigenvalue weighted by molar-refractivity contribution is -0.238. The number of rotatable bonds is 9. The number of aliphatic hydroxyl groups excluding tert-OH is 1. The van der Waals surface area contributed by atoms with Crippen LogP contribution in [0, 0.1) is 0 Å². The van der Waals surface area contributed by atoms with Crippen molar-refractivity contribution >= 4 is 0 Å². The van der Waals surface area contributed by atoms with E-state index in [0.29, 0.717) is 13.2 Å².